The monoisotopic (exact) mass is 307 g/mol. The molecule has 1 atom stereocenters. The van der Waals surface area contributed by atoms with E-state index in [0.717, 1.165) is 5.56 Å². The normalized spacial score (nSPS) is 20.9. The van der Waals surface area contributed by atoms with Gasteiger partial charge in [0.05, 0.1) is 0 Å². The van der Waals surface area contributed by atoms with Gasteiger partial charge in [-0.2, -0.15) is 0 Å². The molecule has 1 aliphatic carbocycles. The van der Waals surface area contributed by atoms with E-state index in [9.17, 15) is 19.8 Å². The van der Waals surface area contributed by atoms with Crippen molar-refractivity contribution in [2.24, 2.45) is 0 Å². The summed E-state index contributed by atoms with van der Waals surface area (Å²) in [5.74, 6) is -1.08. The zero-order chi connectivity index (χ0) is 16.5. The number of carbonyl (C=O) groups excluding carboxylic acids is 1. The quantitative estimate of drug-likeness (QED) is 0.778. The van der Waals surface area contributed by atoms with Gasteiger partial charge in [0.15, 0.2) is 0 Å². The van der Waals surface area contributed by atoms with Crippen molar-refractivity contribution in [3.05, 3.63) is 29.3 Å². The predicted octanol–water partition coefficient (Wildman–Crippen LogP) is 2.23. The summed E-state index contributed by atoms with van der Waals surface area (Å²) in [6.07, 6.45) is -0.0262. The van der Waals surface area contributed by atoms with Crippen LogP contribution in [-0.4, -0.2) is 33.4 Å². The lowest BCUT2D eigenvalue weighted by molar-refractivity contribution is -0.145. The van der Waals surface area contributed by atoms with E-state index in [1.54, 1.807) is 26.8 Å². The summed E-state index contributed by atoms with van der Waals surface area (Å²) in [5.41, 5.74) is -0.706. The number of benzene rings is 1. The highest BCUT2D eigenvalue weighted by Gasteiger charge is 2.44. The Bertz CT molecular complexity index is 605. The summed E-state index contributed by atoms with van der Waals surface area (Å²) in [6.45, 7) is 5.13. The van der Waals surface area contributed by atoms with Crippen LogP contribution in [0.4, 0.5) is 4.79 Å². The number of phenolic OH excluding ortho intramolecular Hbond substituents is 1. The summed E-state index contributed by atoms with van der Waals surface area (Å²) < 4.78 is 5.16. The summed E-state index contributed by atoms with van der Waals surface area (Å²) in [7, 11) is 0. The third-order valence-corrected chi connectivity index (χ3v) is 3.70. The van der Waals surface area contributed by atoms with Gasteiger partial charge in [-0.05, 0) is 50.8 Å². The lowest BCUT2D eigenvalue weighted by Crippen LogP contribution is -2.58. The number of hydrogen-bond donors (Lipinski definition) is 3. The van der Waals surface area contributed by atoms with Crippen molar-refractivity contribution in [3.8, 4) is 5.75 Å². The fourth-order valence-electron chi connectivity index (χ4n) is 2.64. The number of fused-ring (bicyclic) bond motifs is 1. The van der Waals surface area contributed by atoms with Crippen LogP contribution in [0.25, 0.3) is 0 Å². The number of alkyl carbamates (subject to hydrolysis) is 1. The maximum Gasteiger partial charge on any atom is 0.408 e. The van der Waals surface area contributed by atoms with Crippen LogP contribution in [0.15, 0.2) is 18.2 Å². The maximum atomic E-state index is 12.0. The van der Waals surface area contributed by atoms with Gasteiger partial charge in [-0.1, -0.05) is 12.1 Å². The molecule has 0 fully saturated rings. The first kappa shape index (κ1) is 16.1. The fourth-order valence-corrected chi connectivity index (χ4v) is 2.64. The number of phenols is 1. The highest BCUT2D eigenvalue weighted by molar-refractivity contribution is 5.85. The largest absolute Gasteiger partial charge is 0.508 e. The number of carboxylic acid groups (broad SMARTS) is 1. The SMILES string of the molecule is CC(C)(C)OC(=O)NC1(C(=O)O)CCc2cccc(O)c2C1. The Morgan fingerprint density at radius 2 is 2.00 bits per heavy atom. The molecule has 1 aromatic carbocycles. The van der Waals surface area contributed by atoms with Crippen molar-refractivity contribution in [3.63, 3.8) is 0 Å². The molecule has 1 amide bonds. The molecule has 0 radical (unpaired) electrons. The lowest BCUT2D eigenvalue weighted by Gasteiger charge is -2.35. The van der Waals surface area contributed by atoms with Crippen molar-refractivity contribution in [2.75, 3.05) is 0 Å². The molecule has 6 heteroatoms. The molecule has 22 heavy (non-hydrogen) atoms. The molecule has 2 rings (SSSR count). The smallest absolute Gasteiger partial charge is 0.408 e. The molecule has 120 valence electrons. The predicted molar refractivity (Wildman–Crippen MR) is 79.9 cm³/mol. The fraction of sp³-hybridized carbons (Fsp3) is 0.500. The van der Waals surface area contributed by atoms with E-state index < -0.39 is 23.2 Å². The first-order chi connectivity index (χ1) is 10.1. The average Bonchev–Trinajstić information content (AvgIpc) is 2.37. The van der Waals surface area contributed by atoms with E-state index in [4.69, 9.17) is 4.74 Å². The summed E-state index contributed by atoms with van der Waals surface area (Å²) >= 11 is 0. The second-order valence-corrected chi connectivity index (χ2v) is 6.61. The third-order valence-electron chi connectivity index (χ3n) is 3.70. The highest BCUT2D eigenvalue weighted by atomic mass is 16.6. The highest BCUT2D eigenvalue weighted by Crippen LogP contribution is 2.34. The number of aryl methyl sites for hydroxylation is 1. The minimum absolute atomic E-state index is 0.0313. The van der Waals surface area contributed by atoms with Crippen LogP contribution >= 0.6 is 0 Å². The first-order valence-corrected chi connectivity index (χ1v) is 7.17. The summed E-state index contributed by atoms with van der Waals surface area (Å²) in [4.78, 5) is 23.7. The number of hydrogen-bond acceptors (Lipinski definition) is 4. The van der Waals surface area contributed by atoms with Gasteiger partial charge in [0.2, 0.25) is 0 Å². The van der Waals surface area contributed by atoms with Gasteiger partial charge in [0, 0.05) is 6.42 Å². The van der Waals surface area contributed by atoms with Crippen LogP contribution in [0, 0.1) is 0 Å². The number of nitrogens with one attached hydrogen (secondary N) is 1. The Hall–Kier alpha value is -2.24. The topological polar surface area (TPSA) is 95.9 Å². The van der Waals surface area contributed by atoms with E-state index >= 15 is 0 Å². The number of carbonyl (C=O) groups is 2. The van der Waals surface area contributed by atoms with Crippen LogP contribution < -0.4 is 5.32 Å². The lowest BCUT2D eigenvalue weighted by atomic mass is 9.77. The third kappa shape index (κ3) is 3.32. The Morgan fingerprint density at radius 1 is 1.32 bits per heavy atom. The Labute approximate surface area is 129 Å². The van der Waals surface area contributed by atoms with Crippen molar-refractivity contribution >= 4 is 12.1 Å². The second kappa shape index (κ2) is 5.51. The van der Waals surface area contributed by atoms with E-state index in [0.29, 0.717) is 12.0 Å². The van der Waals surface area contributed by atoms with Gasteiger partial charge >= 0.3 is 12.1 Å². The van der Waals surface area contributed by atoms with Crippen LogP contribution in [0.2, 0.25) is 0 Å². The van der Waals surface area contributed by atoms with Gasteiger partial charge < -0.3 is 20.3 Å². The zero-order valence-electron chi connectivity index (χ0n) is 13.0. The van der Waals surface area contributed by atoms with Crippen molar-refractivity contribution in [2.45, 2.75) is 51.2 Å². The zero-order valence-corrected chi connectivity index (χ0v) is 13.0. The van der Waals surface area contributed by atoms with Gasteiger partial charge in [-0.3, -0.25) is 0 Å². The average molecular weight is 307 g/mol. The van der Waals surface area contributed by atoms with E-state index in [1.807, 2.05) is 6.07 Å². The standard InChI is InChI=1S/C16H21NO5/c1-15(2,3)22-14(21)17-16(13(19)20)8-7-10-5-4-6-12(18)11(10)9-16/h4-6,18H,7-9H2,1-3H3,(H,17,21)(H,19,20). The Kier molecular flexibility index (Phi) is 4.04. The molecule has 0 saturated heterocycles. The minimum Gasteiger partial charge on any atom is -0.508 e. The summed E-state index contributed by atoms with van der Waals surface area (Å²) in [5, 5.41) is 22.0. The minimum atomic E-state index is -1.46. The van der Waals surface area contributed by atoms with Gasteiger partial charge in [0.1, 0.15) is 16.9 Å². The first-order valence-electron chi connectivity index (χ1n) is 7.17. The molecule has 0 heterocycles. The number of aromatic hydroxyl groups is 1. The molecule has 1 unspecified atom stereocenters. The maximum absolute atomic E-state index is 12.0. The molecular weight excluding hydrogens is 286 g/mol. The molecule has 0 aliphatic heterocycles. The molecule has 0 spiro atoms. The van der Waals surface area contributed by atoms with E-state index in [-0.39, 0.29) is 18.6 Å². The van der Waals surface area contributed by atoms with Gasteiger partial charge in [-0.15, -0.1) is 0 Å². The second-order valence-electron chi connectivity index (χ2n) is 6.61. The molecule has 0 aromatic heterocycles. The number of rotatable bonds is 2. The van der Waals surface area contributed by atoms with Gasteiger partial charge in [-0.25, -0.2) is 9.59 Å². The molecule has 1 aliphatic rings. The summed E-state index contributed by atoms with van der Waals surface area (Å²) in [6, 6.07) is 5.10. The van der Waals surface area contributed by atoms with E-state index in [1.165, 1.54) is 6.07 Å². The van der Waals surface area contributed by atoms with Crippen molar-refractivity contribution in [1.29, 1.82) is 0 Å². The van der Waals surface area contributed by atoms with Crippen LogP contribution in [0.1, 0.15) is 38.3 Å². The van der Waals surface area contributed by atoms with Crippen LogP contribution in [0.5, 0.6) is 5.75 Å². The molecule has 6 nitrogen and oxygen atoms in total. The molecular formula is C16H21NO5. The molecule has 0 saturated carbocycles. The van der Waals surface area contributed by atoms with Crippen molar-refractivity contribution < 1.29 is 24.5 Å². The Balaban J connectivity index is 2.27. The number of carboxylic acids is 1. The number of aliphatic carboxylic acids is 1. The molecule has 0 bridgehead atoms. The van der Waals surface area contributed by atoms with Crippen LogP contribution in [0.3, 0.4) is 0 Å². The van der Waals surface area contributed by atoms with Crippen molar-refractivity contribution in [1.82, 2.24) is 5.32 Å². The molecule has 1 aromatic rings. The number of ether oxygens (including phenoxy) is 1. The van der Waals surface area contributed by atoms with Gasteiger partial charge in [0.25, 0.3) is 0 Å². The number of amides is 1. The Morgan fingerprint density at radius 3 is 2.59 bits per heavy atom. The molecule has 3 N–H and O–H groups in total. The van der Waals surface area contributed by atoms with E-state index in [2.05, 4.69) is 5.32 Å². The van der Waals surface area contributed by atoms with Crippen LogP contribution in [-0.2, 0) is 22.4 Å².